The third-order valence-electron chi connectivity index (χ3n) is 3.21. The Balaban J connectivity index is 2.32. The predicted octanol–water partition coefficient (Wildman–Crippen LogP) is 1.65. The molecule has 0 saturated carbocycles. The van der Waals surface area contributed by atoms with Crippen LogP contribution in [0.4, 0.5) is 13.2 Å². The van der Waals surface area contributed by atoms with E-state index in [1.807, 2.05) is 0 Å². The van der Waals surface area contributed by atoms with Gasteiger partial charge in [0.25, 0.3) is 0 Å². The summed E-state index contributed by atoms with van der Waals surface area (Å²) >= 11 is 0. The SMILES string of the molecule is Cc1ccc(S(=O)(=O)NC2CCNC2)cc1C(F)(F)F. The van der Waals surface area contributed by atoms with Crippen molar-refractivity contribution in [1.82, 2.24) is 10.0 Å². The smallest absolute Gasteiger partial charge is 0.315 e. The molecule has 0 aromatic heterocycles. The van der Waals surface area contributed by atoms with Crippen molar-refractivity contribution in [2.24, 2.45) is 0 Å². The molecule has 0 amide bonds. The molecule has 20 heavy (non-hydrogen) atoms. The maximum absolute atomic E-state index is 12.8. The van der Waals surface area contributed by atoms with E-state index in [0.29, 0.717) is 25.6 Å². The van der Waals surface area contributed by atoms with E-state index in [0.717, 1.165) is 0 Å². The van der Waals surface area contributed by atoms with Gasteiger partial charge in [-0.25, -0.2) is 13.1 Å². The highest BCUT2D eigenvalue weighted by atomic mass is 32.2. The highest BCUT2D eigenvalue weighted by Gasteiger charge is 2.34. The molecule has 1 heterocycles. The topological polar surface area (TPSA) is 58.2 Å². The minimum absolute atomic E-state index is 0.000942. The van der Waals surface area contributed by atoms with Gasteiger partial charge in [0.2, 0.25) is 10.0 Å². The third-order valence-corrected chi connectivity index (χ3v) is 4.73. The normalized spacial score (nSPS) is 20.3. The van der Waals surface area contributed by atoms with Gasteiger partial charge in [-0.15, -0.1) is 0 Å². The largest absolute Gasteiger partial charge is 0.416 e. The Morgan fingerprint density at radius 3 is 2.60 bits per heavy atom. The molecule has 0 spiro atoms. The molecule has 0 bridgehead atoms. The highest BCUT2D eigenvalue weighted by Crippen LogP contribution is 2.33. The van der Waals surface area contributed by atoms with Gasteiger partial charge in [0.1, 0.15) is 0 Å². The van der Waals surface area contributed by atoms with Crippen molar-refractivity contribution in [3.05, 3.63) is 29.3 Å². The molecule has 1 atom stereocenters. The fourth-order valence-electron chi connectivity index (χ4n) is 2.12. The van der Waals surface area contributed by atoms with E-state index in [-0.39, 0.29) is 16.5 Å². The number of sulfonamides is 1. The number of hydrogen-bond donors (Lipinski definition) is 2. The lowest BCUT2D eigenvalue weighted by Gasteiger charge is -2.15. The molecular weight excluding hydrogens is 293 g/mol. The minimum Gasteiger partial charge on any atom is -0.315 e. The van der Waals surface area contributed by atoms with Gasteiger partial charge in [-0.1, -0.05) is 6.07 Å². The van der Waals surface area contributed by atoms with E-state index < -0.39 is 21.8 Å². The van der Waals surface area contributed by atoms with Gasteiger partial charge in [-0.2, -0.15) is 13.2 Å². The van der Waals surface area contributed by atoms with Crippen molar-refractivity contribution < 1.29 is 21.6 Å². The van der Waals surface area contributed by atoms with Gasteiger partial charge in [-0.3, -0.25) is 0 Å². The zero-order valence-electron chi connectivity index (χ0n) is 10.8. The molecule has 1 aromatic carbocycles. The lowest BCUT2D eigenvalue weighted by Crippen LogP contribution is -2.36. The molecule has 4 nitrogen and oxygen atoms in total. The standard InChI is InChI=1S/C12H15F3N2O2S/c1-8-2-3-10(6-11(8)12(13,14)15)20(18,19)17-9-4-5-16-7-9/h2-3,6,9,16-17H,4-5,7H2,1H3. The van der Waals surface area contributed by atoms with Crippen LogP contribution in [0.1, 0.15) is 17.5 Å². The van der Waals surface area contributed by atoms with Crippen LogP contribution >= 0.6 is 0 Å². The summed E-state index contributed by atoms with van der Waals surface area (Å²) in [4.78, 5) is -0.359. The molecule has 2 N–H and O–H groups in total. The van der Waals surface area contributed by atoms with Crippen LogP contribution in [-0.4, -0.2) is 27.5 Å². The number of nitrogens with one attached hydrogen (secondary N) is 2. The third kappa shape index (κ3) is 3.31. The fourth-order valence-corrected chi connectivity index (χ4v) is 3.41. The molecule has 112 valence electrons. The Hall–Kier alpha value is -1.12. The predicted molar refractivity (Wildman–Crippen MR) is 67.8 cm³/mol. The van der Waals surface area contributed by atoms with Crippen LogP contribution in [0.3, 0.4) is 0 Å². The minimum atomic E-state index is -4.56. The van der Waals surface area contributed by atoms with Gasteiger partial charge in [0.05, 0.1) is 10.5 Å². The second-order valence-electron chi connectivity index (χ2n) is 4.79. The Morgan fingerprint density at radius 1 is 1.35 bits per heavy atom. The Labute approximate surface area is 115 Å². The van der Waals surface area contributed by atoms with Crippen LogP contribution in [-0.2, 0) is 16.2 Å². The average molecular weight is 308 g/mol. The van der Waals surface area contributed by atoms with Crippen LogP contribution in [0.5, 0.6) is 0 Å². The Morgan fingerprint density at radius 2 is 2.05 bits per heavy atom. The van der Waals surface area contributed by atoms with Crippen LogP contribution in [0.15, 0.2) is 23.1 Å². The summed E-state index contributed by atoms with van der Waals surface area (Å²) in [5.41, 5.74) is -0.927. The van der Waals surface area contributed by atoms with Gasteiger partial charge in [0.15, 0.2) is 0 Å². The van der Waals surface area contributed by atoms with Crippen molar-refractivity contribution >= 4 is 10.0 Å². The molecule has 1 fully saturated rings. The highest BCUT2D eigenvalue weighted by molar-refractivity contribution is 7.89. The molecule has 1 aromatic rings. The van der Waals surface area contributed by atoms with E-state index >= 15 is 0 Å². The Kier molecular flexibility index (Phi) is 4.08. The van der Waals surface area contributed by atoms with Crippen molar-refractivity contribution in [3.63, 3.8) is 0 Å². The van der Waals surface area contributed by atoms with Crippen molar-refractivity contribution in [1.29, 1.82) is 0 Å². The fraction of sp³-hybridized carbons (Fsp3) is 0.500. The van der Waals surface area contributed by atoms with Crippen LogP contribution in [0.25, 0.3) is 0 Å². The quantitative estimate of drug-likeness (QED) is 0.893. The zero-order chi connectivity index (χ0) is 15.0. The molecule has 1 aliphatic rings. The van der Waals surface area contributed by atoms with Crippen molar-refractivity contribution in [2.75, 3.05) is 13.1 Å². The summed E-state index contributed by atoms with van der Waals surface area (Å²) in [6, 6.07) is 2.76. The van der Waals surface area contributed by atoms with Gasteiger partial charge < -0.3 is 5.32 Å². The summed E-state index contributed by atoms with van der Waals surface area (Å²) in [7, 11) is -3.93. The first-order chi connectivity index (χ1) is 9.20. The van der Waals surface area contributed by atoms with Gasteiger partial charge in [0, 0.05) is 12.6 Å². The summed E-state index contributed by atoms with van der Waals surface area (Å²) in [6.45, 7) is 2.47. The number of alkyl halides is 3. The van der Waals surface area contributed by atoms with Crippen molar-refractivity contribution in [3.8, 4) is 0 Å². The molecule has 1 saturated heterocycles. The average Bonchev–Trinajstić information content (AvgIpc) is 2.79. The number of hydrogen-bond acceptors (Lipinski definition) is 3. The van der Waals surface area contributed by atoms with Crippen LogP contribution < -0.4 is 10.0 Å². The number of rotatable bonds is 3. The van der Waals surface area contributed by atoms with E-state index in [4.69, 9.17) is 0 Å². The lowest BCUT2D eigenvalue weighted by atomic mass is 10.1. The van der Waals surface area contributed by atoms with E-state index in [9.17, 15) is 21.6 Å². The molecule has 0 radical (unpaired) electrons. The second-order valence-corrected chi connectivity index (χ2v) is 6.50. The molecule has 8 heteroatoms. The maximum atomic E-state index is 12.8. The summed E-state index contributed by atoms with van der Waals surface area (Å²) in [6.07, 6.45) is -3.94. The van der Waals surface area contributed by atoms with Crippen molar-refractivity contribution in [2.45, 2.75) is 30.5 Å². The molecule has 1 aliphatic heterocycles. The maximum Gasteiger partial charge on any atom is 0.416 e. The summed E-state index contributed by atoms with van der Waals surface area (Å²) in [5.74, 6) is 0. The van der Waals surface area contributed by atoms with Crippen LogP contribution in [0.2, 0.25) is 0 Å². The number of halogens is 3. The van der Waals surface area contributed by atoms with E-state index in [1.165, 1.54) is 19.1 Å². The lowest BCUT2D eigenvalue weighted by molar-refractivity contribution is -0.138. The molecule has 0 aliphatic carbocycles. The number of benzene rings is 1. The first-order valence-electron chi connectivity index (χ1n) is 6.11. The van der Waals surface area contributed by atoms with Crippen LogP contribution in [0, 0.1) is 6.92 Å². The molecule has 1 unspecified atom stereocenters. The monoisotopic (exact) mass is 308 g/mol. The second kappa shape index (κ2) is 5.34. The van der Waals surface area contributed by atoms with E-state index in [2.05, 4.69) is 10.0 Å². The summed E-state index contributed by atoms with van der Waals surface area (Å²) < 4.78 is 64.9. The van der Waals surface area contributed by atoms with Gasteiger partial charge >= 0.3 is 6.18 Å². The van der Waals surface area contributed by atoms with E-state index in [1.54, 1.807) is 0 Å². The van der Waals surface area contributed by atoms with Gasteiger partial charge in [-0.05, 0) is 37.6 Å². The molecular formula is C12H15F3N2O2S. The zero-order valence-corrected chi connectivity index (χ0v) is 11.6. The summed E-state index contributed by atoms with van der Waals surface area (Å²) in [5, 5.41) is 2.98. The number of aryl methyl sites for hydroxylation is 1. The first-order valence-corrected chi connectivity index (χ1v) is 7.59. The first kappa shape index (κ1) is 15.3. The Bertz CT molecular complexity index is 593. The molecule has 2 rings (SSSR count).